The number of rotatable bonds is 3. The average Bonchev–Trinajstić information content (AvgIpc) is 2.18. The van der Waals surface area contributed by atoms with Gasteiger partial charge in [-0.05, 0) is 18.2 Å². The molecule has 80 valence electrons. The lowest BCUT2D eigenvalue weighted by molar-refractivity contribution is -0.121. The minimum atomic E-state index is -0.853. The predicted molar refractivity (Wildman–Crippen MR) is 52.6 cm³/mol. The fraction of sp³-hybridized carbons (Fsp3) is 0.111. The van der Waals surface area contributed by atoms with Crippen molar-refractivity contribution in [3.8, 4) is 5.75 Å². The largest absolute Gasteiger partial charge is 0.507 e. The lowest BCUT2D eigenvalue weighted by Gasteiger charge is -2.04. The Balaban J connectivity index is 2.81. The number of benzene rings is 1. The zero-order valence-electron chi connectivity index (χ0n) is 7.57. The van der Waals surface area contributed by atoms with Crippen LogP contribution in [-0.4, -0.2) is 23.6 Å². The summed E-state index contributed by atoms with van der Waals surface area (Å²) in [6.45, 7) is -0.537. The van der Waals surface area contributed by atoms with Gasteiger partial charge in [0.15, 0.2) is 6.61 Å². The number of phenolic OH excluding ortho intramolecular Hbond substituents is 1. The number of amides is 1. The summed E-state index contributed by atoms with van der Waals surface area (Å²) in [5.74, 6) is -1.90. The third-order valence-corrected chi connectivity index (χ3v) is 1.76. The number of hydrogen-bond donors (Lipinski definition) is 2. The topological polar surface area (TPSA) is 89.6 Å². The molecular weight excluding hydrogens is 222 g/mol. The Morgan fingerprint density at radius 2 is 2.13 bits per heavy atom. The lowest BCUT2D eigenvalue weighted by Crippen LogP contribution is -2.20. The molecule has 0 unspecified atom stereocenters. The van der Waals surface area contributed by atoms with Gasteiger partial charge in [-0.2, -0.15) is 0 Å². The van der Waals surface area contributed by atoms with E-state index in [0.717, 1.165) is 0 Å². The first kappa shape index (κ1) is 11.3. The minimum absolute atomic E-state index is 0.108. The Labute approximate surface area is 90.4 Å². The van der Waals surface area contributed by atoms with Crippen molar-refractivity contribution in [3.63, 3.8) is 0 Å². The van der Waals surface area contributed by atoms with Crippen LogP contribution in [0.2, 0.25) is 5.02 Å². The highest BCUT2D eigenvalue weighted by Crippen LogP contribution is 2.21. The molecule has 5 nitrogen and oxygen atoms in total. The second-order valence-corrected chi connectivity index (χ2v) is 3.14. The van der Waals surface area contributed by atoms with Crippen LogP contribution >= 0.6 is 11.6 Å². The zero-order valence-corrected chi connectivity index (χ0v) is 8.32. The van der Waals surface area contributed by atoms with Crippen molar-refractivity contribution < 1.29 is 19.4 Å². The molecule has 0 aliphatic heterocycles. The van der Waals surface area contributed by atoms with Crippen molar-refractivity contribution in [1.82, 2.24) is 0 Å². The first-order valence-corrected chi connectivity index (χ1v) is 4.32. The van der Waals surface area contributed by atoms with Gasteiger partial charge in [0.25, 0.3) is 5.91 Å². The number of nitrogens with two attached hydrogens (primary N) is 1. The Kier molecular flexibility index (Phi) is 3.51. The van der Waals surface area contributed by atoms with Gasteiger partial charge >= 0.3 is 5.97 Å². The molecule has 1 aromatic rings. The molecule has 0 aromatic heterocycles. The summed E-state index contributed by atoms with van der Waals surface area (Å²) >= 11 is 5.61. The zero-order chi connectivity index (χ0) is 11.4. The van der Waals surface area contributed by atoms with Crippen LogP contribution in [0.15, 0.2) is 18.2 Å². The standard InChI is InChI=1S/C9H8ClNO4/c10-5-1-2-7(12)6(3-5)9(14)15-4-8(11)13/h1-3,12H,4H2,(H2,11,13). The summed E-state index contributed by atoms with van der Waals surface area (Å²) in [6, 6.07) is 3.91. The molecule has 0 saturated heterocycles. The first-order valence-electron chi connectivity index (χ1n) is 3.94. The molecule has 0 atom stereocenters. The van der Waals surface area contributed by atoms with Crippen molar-refractivity contribution >= 4 is 23.5 Å². The fourth-order valence-corrected chi connectivity index (χ4v) is 1.06. The van der Waals surface area contributed by atoms with Crippen LogP contribution in [0.25, 0.3) is 0 Å². The highest BCUT2D eigenvalue weighted by Gasteiger charge is 2.13. The van der Waals surface area contributed by atoms with Crippen LogP contribution < -0.4 is 5.73 Å². The summed E-state index contributed by atoms with van der Waals surface area (Å²) in [4.78, 5) is 21.6. The molecule has 3 N–H and O–H groups in total. The molecule has 0 aliphatic rings. The van der Waals surface area contributed by atoms with Crippen LogP contribution in [0.3, 0.4) is 0 Å². The molecule has 0 aliphatic carbocycles. The maximum atomic E-state index is 11.3. The van der Waals surface area contributed by atoms with Gasteiger partial charge in [0.1, 0.15) is 11.3 Å². The van der Waals surface area contributed by atoms with E-state index in [0.29, 0.717) is 0 Å². The van der Waals surface area contributed by atoms with Crippen LogP contribution in [0.5, 0.6) is 5.75 Å². The van der Waals surface area contributed by atoms with Gasteiger partial charge in [-0.25, -0.2) is 4.79 Å². The Hall–Kier alpha value is -1.75. The molecule has 1 rings (SSSR count). The maximum absolute atomic E-state index is 11.3. The second kappa shape index (κ2) is 4.65. The van der Waals surface area contributed by atoms with Crippen molar-refractivity contribution in [2.45, 2.75) is 0 Å². The highest BCUT2D eigenvalue weighted by atomic mass is 35.5. The van der Waals surface area contributed by atoms with E-state index in [9.17, 15) is 14.7 Å². The van der Waals surface area contributed by atoms with Crippen molar-refractivity contribution in [1.29, 1.82) is 0 Å². The molecule has 0 bridgehead atoms. The van der Waals surface area contributed by atoms with Crippen molar-refractivity contribution in [2.24, 2.45) is 5.73 Å². The number of primary amides is 1. The number of carbonyl (C=O) groups is 2. The maximum Gasteiger partial charge on any atom is 0.342 e. The van der Waals surface area contributed by atoms with E-state index in [4.69, 9.17) is 17.3 Å². The molecule has 0 heterocycles. The molecule has 1 amide bonds. The van der Waals surface area contributed by atoms with Gasteiger partial charge in [-0.3, -0.25) is 4.79 Å². The third-order valence-electron chi connectivity index (χ3n) is 1.52. The summed E-state index contributed by atoms with van der Waals surface area (Å²) < 4.78 is 4.49. The lowest BCUT2D eigenvalue weighted by atomic mass is 10.2. The van der Waals surface area contributed by atoms with E-state index < -0.39 is 18.5 Å². The van der Waals surface area contributed by atoms with Gasteiger partial charge in [-0.15, -0.1) is 0 Å². The number of esters is 1. The van der Waals surface area contributed by atoms with Crippen LogP contribution in [-0.2, 0) is 9.53 Å². The fourth-order valence-electron chi connectivity index (χ4n) is 0.886. The highest BCUT2D eigenvalue weighted by molar-refractivity contribution is 6.31. The summed E-state index contributed by atoms with van der Waals surface area (Å²) in [6.07, 6.45) is 0. The third kappa shape index (κ3) is 3.14. The van der Waals surface area contributed by atoms with E-state index in [1.54, 1.807) is 0 Å². The van der Waals surface area contributed by atoms with E-state index in [1.165, 1.54) is 18.2 Å². The molecule has 0 radical (unpaired) electrons. The van der Waals surface area contributed by atoms with Crippen molar-refractivity contribution in [2.75, 3.05) is 6.61 Å². The number of hydrogen-bond acceptors (Lipinski definition) is 4. The monoisotopic (exact) mass is 229 g/mol. The van der Waals surface area contributed by atoms with E-state index >= 15 is 0 Å². The summed E-state index contributed by atoms with van der Waals surface area (Å²) in [5, 5.41) is 9.57. The molecule has 15 heavy (non-hydrogen) atoms. The smallest absolute Gasteiger partial charge is 0.342 e. The summed E-state index contributed by atoms with van der Waals surface area (Å²) in [5.41, 5.74) is 4.67. The van der Waals surface area contributed by atoms with E-state index in [1.807, 2.05) is 0 Å². The van der Waals surface area contributed by atoms with Crippen molar-refractivity contribution in [3.05, 3.63) is 28.8 Å². The normalized spacial score (nSPS) is 9.67. The van der Waals surface area contributed by atoms with E-state index in [-0.39, 0.29) is 16.3 Å². The molecular formula is C9H8ClNO4. The molecule has 1 aromatic carbocycles. The molecule has 6 heteroatoms. The van der Waals surface area contributed by atoms with E-state index in [2.05, 4.69) is 4.74 Å². The number of phenols is 1. The van der Waals surface area contributed by atoms with Gasteiger partial charge in [0, 0.05) is 5.02 Å². The van der Waals surface area contributed by atoms with Gasteiger partial charge in [0.05, 0.1) is 0 Å². The van der Waals surface area contributed by atoms with Gasteiger partial charge in [-0.1, -0.05) is 11.6 Å². The second-order valence-electron chi connectivity index (χ2n) is 2.70. The predicted octanol–water partition coefficient (Wildman–Crippen LogP) is 0.688. The first-order chi connectivity index (χ1) is 7.00. The Morgan fingerprint density at radius 1 is 1.47 bits per heavy atom. The quantitative estimate of drug-likeness (QED) is 0.746. The average molecular weight is 230 g/mol. The Bertz CT molecular complexity index is 405. The van der Waals surface area contributed by atoms with Crippen LogP contribution in [0, 0.1) is 0 Å². The van der Waals surface area contributed by atoms with Gasteiger partial charge in [0.2, 0.25) is 0 Å². The molecule has 0 saturated carbocycles. The number of carbonyl (C=O) groups excluding carboxylic acids is 2. The molecule has 0 fully saturated rings. The SMILES string of the molecule is NC(=O)COC(=O)c1cc(Cl)ccc1O. The van der Waals surface area contributed by atoms with Crippen LogP contribution in [0.4, 0.5) is 0 Å². The number of halogens is 1. The Morgan fingerprint density at radius 3 is 2.73 bits per heavy atom. The number of aromatic hydroxyl groups is 1. The van der Waals surface area contributed by atoms with Gasteiger partial charge < -0.3 is 15.6 Å². The van der Waals surface area contributed by atoms with Crippen LogP contribution in [0.1, 0.15) is 10.4 Å². The minimum Gasteiger partial charge on any atom is -0.507 e. The molecule has 0 spiro atoms. The summed E-state index contributed by atoms with van der Waals surface area (Å²) in [7, 11) is 0. The number of ether oxygens (including phenoxy) is 1.